The first-order chi connectivity index (χ1) is 10.9. The number of nitrogens with zero attached hydrogens (tertiary/aromatic N) is 1. The van der Waals surface area contributed by atoms with Crippen molar-refractivity contribution in [3.63, 3.8) is 0 Å². The van der Waals surface area contributed by atoms with Crippen LogP contribution in [0.5, 0.6) is 0 Å². The number of likely N-dealkylation sites (N-methyl/N-ethyl adjacent to an activating group) is 1. The van der Waals surface area contributed by atoms with Crippen molar-refractivity contribution in [3.8, 4) is 0 Å². The van der Waals surface area contributed by atoms with Gasteiger partial charge in [-0.25, -0.2) is 4.39 Å². The van der Waals surface area contributed by atoms with E-state index in [0.717, 1.165) is 24.9 Å². The van der Waals surface area contributed by atoms with Crippen molar-refractivity contribution in [2.45, 2.75) is 44.8 Å². The predicted octanol–water partition coefficient (Wildman–Crippen LogP) is 1.43. The minimum Gasteiger partial charge on any atom is -0.358 e. The van der Waals surface area contributed by atoms with Gasteiger partial charge in [0.1, 0.15) is 5.82 Å². The van der Waals surface area contributed by atoms with Crippen LogP contribution in [0.4, 0.5) is 4.39 Å². The minimum atomic E-state index is -0.733. The number of nitrogens with one attached hydrogen (secondary N) is 2. The molecular weight excluding hydrogens is 297 g/mol. The highest BCUT2D eigenvalue weighted by molar-refractivity contribution is 5.87. The Morgan fingerprint density at radius 1 is 1.30 bits per heavy atom. The van der Waals surface area contributed by atoms with E-state index >= 15 is 0 Å². The molecule has 1 aromatic carbocycles. The molecule has 0 radical (unpaired) electrons. The van der Waals surface area contributed by atoms with Crippen LogP contribution in [-0.4, -0.2) is 41.9 Å². The Balaban J connectivity index is 2.00. The van der Waals surface area contributed by atoms with Crippen LogP contribution < -0.4 is 10.6 Å². The average Bonchev–Trinajstić information content (AvgIpc) is 3.03. The molecule has 5 nitrogen and oxygen atoms in total. The minimum absolute atomic E-state index is 0.0937. The van der Waals surface area contributed by atoms with Gasteiger partial charge in [-0.15, -0.1) is 0 Å². The highest BCUT2D eigenvalue weighted by Crippen LogP contribution is 2.27. The number of hydrogen-bond acceptors (Lipinski definition) is 3. The zero-order valence-electron chi connectivity index (χ0n) is 13.9. The Kier molecular flexibility index (Phi) is 5.36. The van der Waals surface area contributed by atoms with Crippen LogP contribution in [-0.2, 0) is 16.1 Å². The SMILES string of the molecule is CNC(=O)C(C)(C)N1CCC[C@H]1C(=O)NCc1ccc(F)cc1. The van der Waals surface area contributed by atoms with Gasteiger partial charge in [-0.3, -0.25) is 14.5 Å². The van der Waals surface area contributed by atoms with E-state index < -0.39 is 5.54 Å². The smallest absolute Gasteiger partial charge is 0.239 e. The summed E-state index contributed by atoms with van der Waals surface area (Å²) in [5.74, 6) is -0.492. The summed E-state index contributed by atoms with van der Waals surface area (Å²) in [6, 6.07) is 5.73. The summed E-state index contributed by atoms with van der Waals surface area (Å²) >= 11 is 0. The van der Waals surface area contributed by atoms with E-state index in [4.69, 9.17) is 0 Å². The van der Waals surface area contributed by atoms with Gasteiger partial charge in [0.2, 0.25) is 11.8 Å². The van der Waals surface area contributed by atoms with Crippen LogP contribution in [0.2, 0.25) is 0 Å². The summed E-state index contributed by atoms with van der Waals surface area (Å²) in [5, 5.41) is 5.54. The Hall–Kier alpha value is -1.95. The molecule has 6 heteroatoms. The fourth-order valence-corrected chi connectivity index (χ4v) is 3.05. The summed E-state index contributed by atoms with van der Waals surface area (Å²) in [7, 11) is 1.60. The predicted molar refractivity (Wildman–Crippen MR) is 86.1 cm³/mol. The van der Waals surface area contributed by atoms with Crippen LogP contribution in [0.15, 0.2) is 24.3 Å². The molecule has 0 spiro atoms. The Labute approximate surface area is 136 Å². The lowest BCUT2D eigenvalue weighted by atomic mass is 10.00. The summed E-state index contributed by atoms with van der Waals surface area (Å²) in [6.07, 6.45) is 1.62. The summed E-state index contributed by atoms with van der Waals surface area (Å²) in [6.45, 7) is 4.73. The lowest BCUT2D eigenvalue weighted by molar-refractivity contribution is -0.136. The number of amides is 2. The van der Waals surface area contributed by atoms with E-state index in [9.17, 15) is 14.0 Å². The fraction of sp³-hybridized carbons (Fsp3) is 0.529. The molecule has 126 valence electrons. The average molecular weight is 321 g/mol. The van der Waals surface area contributed by atoms with E-state index in [1.54, 1.807) is 19.2 Å². The molecule has 2 rings (SSSR count). The zero-order valence-corrected chi connectivity index (χ0v) is 13.9. The molecule has 0 aliphatic carbocycles. The van der Waals surface area contributed by atoms with E-state index in [0.29, 0.717) is 6.54 Å². The number of likely N-dealkylation sites (tertiary alicyclic amines) is 1. The van der Waals surface area contributed by atoms with Gasteiger partial charge >= 0.3 is 0 Å². The highest BCUT2D eigenvalue weighted by Gasteiger charge is 2.43. The van der Waals surface area contributed by atoms with Gasteiger partial charge in [-0.2, -0.15) is 0 Å². The maximum Gasteiger partial charge on any atom is 0.239 e. The molecule has 1 aliphatic heterocycles. The first kappa shape index (κ1) is 17.4. The first-order valence-electron chi connectivity index (χ1n) is 7.87. The highest BCUT2D eigenvalue weighted by atomic mass is 19.1. The van der Waals surface area contributed by atoms with E-state index in [1.165, 1.54) is 12.1 Å². The zero-order chi connectivity index (χ0) is 17.0. The number of benzene rings is 1. The van der Waals surface area contributed by atoms with Crippen molar-refractivity contribution in [3.05, 3.63) is 35.6 Å². The van der Waals surface area contributed by atoms with Crippen molar-refractivity contribution >= 4 is 11.8 Å². The molecule has 2 amide bonds. The van der Waals surface area contributed by atoms with Gasteiger partial charge in [0.25, 0.3) is 0 Å². The number of rotatable bonds is 5. The van der Waals surface area contributed by atoms with Crippen LogP contribution in [0.1, 0.15) is 32.3 Å². The molecule has 1 aromatic rings. The number of hydrogen-bond donors (Lipinski definition) is 2. The second kappa shape index (κ2) is 7.08. The second-order valence-electron chi connectivity index (χ2n) is 6.33. The van der Waals surface area contributed by atoms with E-state index in [2.05, 4.69) is 10.6 Å². The molecule has 23 heavy (non-hydrogen) atoms. The summed E-state index contributed by atoms with van der Waals surface area (Å²) in [4.78, 5) is 26.5. The third kappa shape index (κ3) is 3.88. The van der Waals surface area contributed by atoms with Crippen LogP contribution in [0.25, 0.3) is 0 Å². The van der Waals surface area contributed by atoms with E-state index in [1.807, 2.05) is 18.7 Å². The third-order valence-electron chi connectivity index (χ3n) is 4.44. The van der Waals surface area contributed by atoms with Crippen LogP contribution >= 0.6 is 0 Å². The Morgan fingerprint density at radius 2 is 1.96 bits per heavy atom. The Morgan fingerprint density at radius 3 is 2.57 bits per heavy atom. The molecule has 1 heterocycles. The van der Waals surface area contributed by atoms with Gasteiger partial charge in [0.15, 0.2) is 0 Å². The van der Waals surface area contributed by atoms with Crippen molar-refractivity contribution in [1.29, 1.82) is 0 Å². The molecule has 0 bridgehead atoms. The molecule has 1 saturated heterocycles. The molecule has 1 atom stereocenters. The third-order valence-corrected chi connectivity index (χ3v) is 4.44. The van der Waals surface area contributed by atoms with Gasteiger partial charge in [0, 0.05) is 20.1 Å². The maximum absolute atomic E-state index is 12.9. The molecule has 1 fully saturated rings. The molecule has 0 saturated carbocycles. The summed E-state index contributed by atoms with van der Waals surface area (Å²) in [5.41, 5.74) is 0.109. The van der Waals surface area contributed by atoms with Crippen LogP contribution in [0, 0.1) is 5.82 Å². The van der Waals surface area contributed by atoms with Crippen molar-refractivity contribution in [1.82, 2.24) is 15.5 Å². The van der Waals surface area contributed by atoms with Gasteiger partial charge in [-0.1, -0.05) is 12.1 Å². The quantitative estimate of drug-likeness (QED) is 0.862. The van der Waals surface area contributed by atoms with E-state index in [-0.39, 0.29) is 23.7 Å². The number of carbonyl (C=O) groups excluding carboxylic acids is 2. The standard InChI is InChI=1S/C17H24FN3O2/c1-17(2,16(23)19-3)21-10-4-5-14(21)15(22)20-11-12-6-8-13(18)9-7-12/h6-9,14H,4-5,10-11H2,1-3H3,(H,19,23)(H,20,22)/t14-/m0/s1. The normalized spacial score (nSPS) is 18.7. The van der Waals surface area contributed by atoms with Gasteiger partial charge in [0.05, 0.1) is 11.6 Å². The maximum atomic E-state index is 12.9. The van der Waals surface area contributed by atoms with Gasteiger partial charge in [-0.05, 0) is 44.4 Å². The van der Waals surface area contributed by atoms with Crippen LogP contribution in [0.3, 0.4) is 0 Å². The molecule has 0 unspecified atom stereocenters. The topological polar surface area (TPSA) is 61.4 Å². The number of halogens is 1. The van der Waals surface area contributed by atoms with Crippen molar-refractivity contribution in [2.24, 2.45) is 0 Å². The van der Waals surface area contributed by atoms with Gasteiger partial charge < -0.3 is 10.6 Å². The molecular formula is C17H24FN3O2. The molecule has 1 aliphatic rings. The molecule has 0 aromatic heterocycles. The summed E-state index contributed by atoms with van der Waals surface area (Å²) < 4.78 is 12.9. The Bertz CT molecular complexity index is 572. The lowest BCUT2D eigenvalue weighted by Crippen LogP contribution is -2.58. The first-order valence-corrected chi connectivity index (χ1v) is 7.87. The number of carbonyl (C=O) groups is 2. The largest absolute Gasteiger partial charge is 0.358 e. The second-order valence-corrected chi connectivity index (χ2v) is 6.33. The molecule has 2 N–H and O–H groups in total. The lowest BCUT2D eigenvalue weighted by Gasteiger charge is -2.37. The van der Waals surface area contributed by atoms with Crippen molar-refractivity contribution in [2.75, 3.05) is 13.6 Å². The fourth-order valence-electron chi connectivity index (χ4n) is 3.05. The monoisotopic (exact) mass is 321 g/mol. The van der Waals surface area contributed by atoms with Crippen molar-refractivity contribution < 1.29 is 14.0 Å².